The van der Waals surface area contributed by atoms with E-state index in [9.17, 15) is 9.59 Å². The summed E-state index contributed by atoms with van der Waals surface area (Å²) in [6, 6.07) is 12.9. The number of carbonyl (C=O) groups is 1. The van der Waals surface area contributed by atoms with Crippen LogP contribution in [0.1, 0.15) is 17.5 Å². The Morgan fingerprint density at radius 3 is 2.77 bits per heavy atom. The quantitative estimate of drug-likeness (QED) is 0.456. The van der Waals surface area contributed by atoms with Gasteiger partial charge in [0.05, 0.1) is 18.7 Å². The van der Waals surface area contributed by atoms with Crippen LogP contribution < -0.4 is 16.4 Å². The zero-order chi connectivity index (χ0) is 24.8. The molecule has 4 rings (SSSR count). The third kappa shape index (κ3) is 6.32. The van der Waals surface area contributed by atoms with Crippen LogP contribution in [0, 0.1) is 0 Å². The van der Waals surface area contributed by atoms with Gasteiger partial charge in [0.1, 0.15) is 0 Å². The summed E-state index contributed by atoms with van der Waals surface area (Å²) >= 11 is 0. The number of rotatable bonds is 9. The van der Waals surface area contributed by atoms with Crippen molar-refractivity contribution in [3.8, 4) is 0 Å². The average molecular weight is 480 g/mol. The largest absolute Gasteiger partial charge is 0.449 e. The summed E-state index contributed by atoms with van der Waals surface area (Å²) < 4.78 is 12.3. The average Bonchev–Trinajstić information content (AvgIpc) is 3.16. The van der Waals surface area contributed by atoms with Gasteiger partial charge in [-0.3, -0.25) is 9.88 Å². The fourth-order valence-electron chi connectivity index (χ4n) is 4.12. The Balaban J connectivity index is 1.37. The molecule has 9 nitrogen and oxygen atoms in total. The Hall–Kier alpha value is -3.56. The van der Waals surface area contributed by atoms with Gasteiger partial charge in [0.2, 0.25) is 0 Å². The summed E-state index contributed by atoms with van der Waals surface area (Å²) in [5.74, 6) is -0.435. The van der Waals surface area contributed by atoms with Gasteiger partial charge in [0.25, 0.3) is 0 Å². The highest BCUT2D eigenvalue weighted by molar-refractivity contribution is 5.84. The molecule has 2 aromatic carbocycles. The van der Waals surface area contributed by atoms with Gasteiger partial charge >= 0.3 is 11.8 Å². The number of anilines is 1. The maximum atomic E-state index is 12.5. The monoisotopic (exact) mass is 479 g/mol. The van der Waals surface area contributed by atoms with E-state index in [0.717, 1.165) is 56.0 Å². The summed E-state index contributed by atoms with van der Waals surface area (Å²) in [5, 5.41) is 6.10. The van der Waals surface area contributed by atoms with Crippen molar-refractivity contribution < 1.29 is 13.9 Å². The Bertz CT molecular complexity index is 1240. The number of hydrogen-bond acceptors (Lipinski definition) is 7. The molecule has 0 saturated carbocycles. The molecular weight excluding hydrogens is 446 g/mol. The number of amides is 1. The first-order valence-electron chi connectivity index (χ1n) is 11.9. The molecule has 1 saturated heterocycles. The lowest BCUT2D eigenvalue weighted by molar-refractivity contribution is 0.149. The standard InChI is InChI=1S/C26H33N5O4/c1-19(29(2)3)21-8-9-24-23(17-21)31(26(33)35-24)18-20-6-4-7-22(16-20)28-25(32)34-15-5-12-30-13-10-27-11-14-30/h4,6-9,16-17,27H,1,5,10-15,18H2,2-3H3,(H,28,32). The molecule has 1 aromatic heterocycles. The van der Waals surface area contributed by atoms with Crippen LogP contribution >= 0.6 is 0 Å². The van der Waals surface area contributed by atoms with Crippen LogP contribution in [-0.4, -0.2) is 73.9 Å². The molecular formula is C26H33N5O4. The van der Waals surface area contributed by atoms with Crippen molar-refractivity contribution in [3.05, 3.63) is 70.7 Å². The van der Waals surface area contributed by atoms with E-state index in [4.69, 9.17) is 9.15 Å². The van der Waals surface area contributed by atoms with Gasteiger partial charge in [-0.1, -0.05) is 18.7 Å². The minimum Gasteiger partial charge on any atom is -0.449 e. The molecule has 1 fully saturated rings. The molecule has 186 valence electrons. The molecule has 0 atom stereocenters. The predicted octanol–water partition coefficient (Wildman–Crippen LogP) is 3.02. The molecule has 0 aliphatic carbocycles. The molecule has 3 aromatic rings. The van der Waals surface area contributed by atoms with Crippen LogP contribution in [0.25, 0.3) is 16.8 Å². The summed E-state index contributed by atoms with van der Waals surface area (Å²) in [6.07, 6.45) is 0.312. The zero-order valence-corrected chi connectivity index (χ0v) is 20.4. The summed E-state index contributed by atoms with van der Waals surface area (Å²) in [4.78, 5) is 29.1. The maximum absolute atomic E-state index is 12.5. The van der Waals surface area contributed by atoms with Gasteiger partial charge in [-0.05, 0) is 47.9 Å². The third-order valence-corrected chi connectivity index (χ3v) is 6.12. The first-order chi connectivity index (χ1) is 16.9. The number of hydrogen-bond donors (Lipinski definition) is 2. The van der Waals surface area contributed by atoms with E-state index in [1.165, 1.54) is 0 Å². The highest BCUT2D eigenvalue weighted by Crippen LogP contribution is 2.22. The number of fused-ring (bicyclic) bond motifs is 1. The zero-order valence-electron chi connectivity index (χ0n) is 20.4. The van der Waals surface area contributed by atoms with Gasteiger partial charge < -0.3 is 24.3 Å². The summed E-state index contributed by atoms with van der Waals surface area (Å²) in [5.41, 5.74) is 4.42. The Kier molecular flexibility index (Phi) is 7.89. The van der Waals surface area contributed by atoms with Crippen LogP contribution in [0.3, 0.4) is 0 Å². The molecule has 0 radical (unpaired) electrons. The molecule has 2 N–H and O–H groups in total. The fourth-order valence-corrected chi connectivity index (χ4v) is 4.12. The molecule has 1 aliphatic heterocycles. The fraction of sp³-hybridized carbons (Fsp3) is 0.385. The molecule has 1 aliphatic rings. The first kappa shape index (κ1) is 24.6. The van der Waals surface area contributed by atoms with Crippen LogP contribution in [0.4, 0.5) is 10.5 Å². The van der Waals surface area contributed by atoms with Crippen LogP contribution in [0.15, 0.2) is 58.3 Å². The number of nitrogens with one attached hydrogen (secondary N) is 2. The molecule has 0 bridgehead atoms. The minimum atomic E-state index is -0.486. The van der Waals surface area contributed by atoms with Crippen molar-refractivity contribution in [2.45, 2.75) is 13.0 Å². The van der Waals surface area contributed by atoms with Crippen LogP contribution in [0.5, 0.6) is 0 Å². The van der Waals surface area contributed by atoms with Gasteiger partial charge in [-0.2, -0.15) is 0 Å². The molecule has 0 spiro atoms. The molecule has 35 heavy (non-hydrogen) atoms. The lowest BCUT2D eigenvalue weighted by Gasteiger charge is -2.26. The smallest absolute Gasteiger partial charge is 0.420 e. The third-order valence-electron chi connectivity index (χ3n) is 6.12. The number of oxazole rings is 1. The summed E-state index contributed by atoms with van der Waals surface area (Å²) in [7, 11) is 3.84. The van der Waals surface area contributed by atoms with Crippen molar-refractivity contribution in [1.29, 1.82) is 0 Å². The van der Waals surface area contributed by atoms with Crippen molar-refractivity contribution in [2.24, 2.45) is 0 Å². The van der Waals surface area contributed by atoms with E-state index in [1.807, 2.05) is 49.3 Å². The van der Waals surface area contributed by atoms with E-state index in [2.05, 4.69) is 22.1 Å². The van der Waals surface area contributed by atoms with E-state index < -0.39 is 11.8 Å². The Labute approximate surface area is 204 Å². The van der Waals surface area contributed by atoms with Gasteiger partial charge in [0, 0.05) is 58.2 Å². The first-order valence-corrected chi connectivity index (χ1v) is 11.9. The number of benzene rings is 2. The second kappa shape index (κ2) is 11.2. The Morgan fingerprint density at radius 1 is 1.20 bits per heavy atom. The van der Waals surface area contributed by atoms with Crippen LogP contribution in [0.2, 0.25) is 0 Å². The molecule has 2 heterocycles. The predicted molar refractivity (Wildman–Crippen MR) is 138 cm³/mol. The normalized spacial score (nSPS) is 14.1. The number of aromatic nitrogens is 1. The maximum Gasteiger partial charge on any atom is 0.420 e. The second-order valence-electron chi connectivity index (χ2n) is 8.88. The number of ether oxygens (including phenoxy) is 1. The SMILES string of the molecule is C=C(c1ccc2oc(=O)n(Cc3cccc(NC(=O)OCCCN4CCNCC4)c3)c2c1)N(C)C. The number of nitrogens with zero attached hydrogens (tertiary/aromatic N) is 3. The van der Waals surface area contributed by atoms with Gasteiger partial charge in [0.15, 0.2) is 5.58 Å². The van der Waals surface area contributed by atoms with Crippen molar-refractivity contribution >= 4 is 28.6 Å². The lowest BCUT2D eigenvalue weighted by atomic mass is 10.1. The highest BCUT2D eigenvalue weighted by atomic mass is 16.5. The van der Waals surface area contributed by atoms with E-state index in [-0.39, 0.29) is 0 Å². The molecule has 1 amide bonds. The van der Waals surface area contributed by atoms with Crippen molar-refractivity contribution in [1.82, 2.24) is 19.7 Å². The van der Waals surface area contributed by atoms with E-state index in [1.54, 1.807) is 16.7 Å². The van der Waals surface area contributed by atoms with E-state index in [0.29, 0.717) is 29.9 Å². The summed E-state index contributed by atoms with van der Waals surface area (Å²) in [6.45, 7) is 9.75. The lowest BCUT2D eigenvalue weighted by Crippen LogP contribution is -2.43. The number of piperazine rings is 1. The number of carbonyl (C=O) groups excluding carboxylic acids is 1. The highest BCUT2D eigenvalue weighted by Gasteiger charge is 2.13. The van der Waals surface area contributed by atoms with Crippen molar-refractivity contribution in [2.75, 3.05) is 58.7 Å². The Morgan fingerprint density at radius 2 is 2.00 bits per heavy atom. The molecule has 9 heteroatoms. The van der Waals surface area contributed by atoms with E-state index >= 15 is 0 Å². The van der Waals surface area contributed by atoms with Gasteiger partial charge in [-0.25, -0.2) is 9.59 Å². The molecule has 0 unspecified atom stereocenters. The van der Waals surface area contributed by atoms with Crippen molar-refractivity contribution in [3.63, 3.8) is 0 Å². The van der Waals surface area contributed by atoms with Crippen LogP contribution in [-0.2, 0) is 11.3 Å². The topological polar surface area (TPSA) is 92.0 Å². The van der Waals surface area contributed by atoms with Gasteiger partial charge in [-0.15, -0.1) is 0 Å². The minimum absolute atomic E-state index is 0.305. The second-order valence-corrected chi connectivity index (χ2v) is 8.88.